The lowest BCUT2D eigenvalue weighted by atomic mass is 10.1. The SMILES string of the molecule is C[C@@H](C(=O)NCc1ccccn1)N(Cc1ccc(F)cc1)C(=O)COc1ccccc1Cl. The summed E-state index contributed by atoms with van der Waals surface area (Å²) in [5.74, 6) is -0.759. The Morgan fingerprint density at radius 2 is 1.81 bits per heavy atom. The monoisotopic (exact) mass is 455 g/mol. The molecule has 6 nitrogen and oxygen atoms in total. The number of aromatic nitrogens is 1. The summed E-state index contributed by atoms with van der Waals surface area (Å²) in [6, 6.07) is 17.2. The predicted molar refractivity (Wildman–Crippen MR) is 119 cm³/mol. The summed E-state index contributed by atoms with van der Waals surface area (Å²) < 4.78 is 18.9. The Hall–Kier alpha value is -3.45. The van der Waals surface area contributed by atoms with Crippen molar-refractivity contribution >= 4 is 23.4 Å². The van der Waals surface area contributed by atoms with Crippen LogP contribution in [-0.4, -0.2) is 34.3 Å². The first-order valence-electron chi connectivity index (χ1n) is 10.0. The van der Waals surface area contributed by atoms with Gasteiger partial charge in [-0.1, -0.05) is 41.9 Å². The lowest BCUT2D eigenvalue weighted by Crippen LogP contribution is -2.48. The lowest BCUT2D eigenvalue weighted by Gasteiger charge is -2.28. The highest BCUT2D eigenvalue weighted by Crippen LogP contribution is 2.23. The highest BCUT2D eigenvalue weighted by molar-refractivity contribution is 6.32. The second-order valence-corrected chi connectivity index (χ2v) is 7.49. The van der Waals surface area contributed by atoms with Gasteiger partial charge in [0.25, 0.3) is 5.91 Å². The third-order valence-corrected chi connectivity index (χ3v) is 5.10. The van der Waals surface area contributed by atoms with Gasteiger partial charge >= 0.3 is 0 Å². The van der Waals surface area contributed by atoms with Crippen molar-refractivity contribution in [2.75, 3.05) is 6.61 Å². The number of nitrogens with zero attached hydrogens (tertiary/aromatic N) is 2. The summed E-state index contributed by atoms with van der Waals surface area (Å²) in [4.78, 5) is 31.4. The molecule has 0 saturated heterocycles. The van der Waals surface area contributed by atoms with Gasteiger partial charge in [-0.3, -0.25) is 14.6 Å². The van der Waals surface area contributed by atoms with Gasteiger partial charge in [0, 0.05) is 12.7 Å². The maximum absolute atomic E-state index is 13.3. The molecule has 2 amide bonds. The van der Waals surface area contributed by atoms with Gasteiger partial charge in [-0.2, -0.15) is 0 Å². The van der Waals surface area contributed by atoms with E-state index in [1.54, 1.807) is 61.7 Å². The fourth-order valence-corrected chi connectivity index (χ4v) is 3.17. The molecule has 1 N–H and O–H groups in total. The smallest absolute Gasteiger partial charge is 0.261 e. The molecule has 0 spiro atoms. The topological polar surface area (TPSA) is 71.5 Å². The molecule has 0 bridgehead atoms. The third kappa shape index (κ3) is 6.52. The number of carbonyl (C=O) groups is 2. The minimum absolute atomic E-state index is 0.114. The van der Waals surface area contributed by atoms with Crippen LogP contribution in [0.4, 0.5) is 4.39 Å². The lowest BCUT2D eigenvalue weighted by molar-refractivity contribution is -0.142. The van der Waals surface area contributed by atoms with E-state index in [2.05, 4.69) is 10.3 Å². The molecule has 2 aromatic carbocycles. The maximum atomic E-state index is 13.3. The predicted octanol–water partition coefficient (Wildman–Crippen LogP) is 3.99. The highest BCUT2D eigenvalue weighted by atomic mass is 35.5. The summed E-state index contributed by atoms with van der Waals surface area (Å²) in [5.41, 5.74) is 1.38. The van der Waals surface area contributed by atoms with E-state index in [1.807, 2.05) is 6.07 Å². The number of carbonyl (C=O) groups excluding carboxylic acids is 2. The average Bonchev–Trinajstić information content (AvgIpc) is 2.81. The number of rotatable bonds is 9. The molecule has 0 radical (unpaired) electrons. The fourth-order valence-electron chi connectivity index (χ4n) is 2.98. The number of hydrogen-bond donors (Lipinski definition) is 1. The van der Waals surface area contributed by atoms with E-state index in [1.165, 1.54) is 17.0 Å². The molecule has 1 aromatic heterocycles. The molecule has 0 aliphatic rings. The number of nitrogens with one attached hydrogen (secondary N) is 1. The Morgan fingerprint density at radius 1 is 1.09 bits per heavy atom. The number of para-hydroxylation sites is 1. The summed E-state index contributed by atoms with van der Waals surface area (Å²) in [5, 5.41) is 3.18. The summed E-state index contributed by atoms with van der Waals surface area (Å²) in [6.07, 6.45) is 1.64. The van der Waals surface area contributed by atoms with E-state index in [0.717, 1.165) is 0 Å². The average molecular weight is 456 g/mol. The zero-order valence-corrected chi connectivity index (χ0v) is 18.3. The quantitative estimate of drug-likeness (QED) is 0.529. The Morgan fingerprint density at radius 3 is 2.50 bits per heavy atom. The Kier molecular flexibility index (Phi) is 8.16. The standard InChI is InChI=1S/C24H23ClFN3O3/c1-17(24(31)28-14-20-6-4-5-13-27-20)29(15-18-9-11-19(26)12-10-18)23(30)16-32-22-8-3-2-7-21(22)25/h2-13,17H,14-16H2,1H3,(H,28,31)/t17-/m0/s1. The normalized spacial score (nSPS) is 11.5. The maximum Gasteiger partial charge on any atom is 0.261 e. The third-order valence-electron chi connectivity index (χ3n) is 4.79. The van der Waals surface area contributed by atoms with Crippen LogP contribution in [0.1, 0.15) is 18.2 Å². The summed E-state index contributed by atoms with van der Waals surface area (Å²) in [6.45, 7) is 1.68. The van der Waals surface area contributed by atoms with Crippen LogP contribution in [0.15, 0.2) is 72.9 Å². The van der Waals surface area contributed by atoms with E-state index in [4.69, 9.17) is 16.3 Å². The molecule has 3 rings (SSSR count). The van der Waals surface area contributed by atoms with Crippen LogP contribution in [0.25, 0.3) is 0 Å². The first kappa shape index (κ1) is 23.2. The van der Waals surface area contributed by atoms with Gasteiger partial charge in [-0.05, 0) is 48.9 Å². The number of benzene rings is 2. The molecule has 8 heteroatoms. The molecule has 0 saturated carbocycles. The van der Waals surface area contributed by atoms with E-state index in [9.17, 15) is 14.0 Å². The minimum Gasteiger partial charge on any atom is -0.482 e. The Balaban J connectivity index is 1.71. The van der Waals surface area contributed by atoms with Gasteiger partial charge in [0.1, 0.15) is 17.6 Å². The van der Waals surface area contributed by atoms with Gasteiger partial charge in [0.2, 0.25) is 5.91 Å². The van der Waals surface area contributed by atoms with Gasteiger partial charge < -0.3 is 15.0 Å². The molecule has 32 heavy (non-hydrogen) atoms. The summed E-state index contributed by atoms with van der Waals surface area (Å²) >= 11 is 6.09. The Bertz CT molecular complexity index is 1050. The number of ether oxygens (including phenoxy) is 1. The van der Waals surface area contributed by atoms with E-state index in [-0.39, 0.29) is 31.4 Å². The van der Waals surface area contributed by atoms with Crippen LogP contribution in [0, 0.1) is 5.82 Å². The van der Waals surface area contributed by atoms with Crippen LogP contribution in [0.3, 0.4) is 0 Å². The van der Waals surface area contributed by atoms with E-state index in [0.29, 0.717) is 22.0 Å². The van der Waals surface area contributed by atoms with Crippen molar-refractivity contribution < 1.29 is 18.7 Å². The second-order valence-electron chi connectivity index (χ2n) is 7.08. The molecule has 1 heterocycles. The molecule has 3 aromatic rings. The van der Waals surface area contributed by atoms with Crippen molar-refractivity contribution in [2.24, 2.45) is 0 Å². The highest BCUT2D eigenvalue weighted by Gasteiger charge is 2.26. The first-order valence-corrected chi connectivity index (χ1v) is 10.4. The van der Waals surface area contributed by atoms with Crippen LogP contribution in [0.2, 0.25) is 5.02 Å². The molecule has 0 fully saturated rings. The molecule has 166 valence electrons. The Labute approximate surface area is 191 Å². The van der Waals surface area contributed by atoms with Crippen LogP contribution >= 0.6 is 11.6 Å². The fraction of sp³-hybridized carbons (Fsp3) is 0.208. The van der Waals surface area contributed by atoms with E-state index < -0.39 is 11.9 Å². The number of hydrogen-bond acceptors (Lipinski definition) is 4. The van der Waals surface area contributed by atoms with Gasteiger partial charge in [0.05, 0.1) is 17.3 Å². The summed E-state index contributed by atoms with van der Waals surface area (Å²) in [7, 11) is 0. The van der Waals surface area contributed by atoms with Crippen LogP contribution in [0.5, 0.6) is 5.75 Å². The minimum atomic E-state index is -0.800. The first-order chi connectivity index (χ1) is 15.4. The van der Waals surface area contributed by atoms with Crippen molar-refractivity contribution in [3.05, 3.63) is 95.0 Å². The van der Waals surface area contributed by atoms with Crippen molar-refractivity contribution in [3.8, 4) is 5.75 Å². The van der Waals surface area contributed by atoms with Crippen LogP contribution in [-0.2, 0) is 22.7 Å². The van der Waals surface area contributed by atoms with Crippen molar-refractivity contribution in [2.45, 2.75) is 26.1 Å². The largest absolute Gasteiger partial charge is 0.482 e. The van der Waals surface area contributed by atoms with Gasteiger partial charge in [-0.25, -0.2) is 4.39 Å². The van der Waals surface area contributed by atoms with Crippen molar-refractivity contribution in [1.82, 2.24) is 15.2 Å². The van der Waals surface area contributed by atoms with Crippen LogP contribution < -0.4 is 10.1 Å². The zero-order chi connectivity index (χ0) is 22.9. The molecule has 1 atom stereocenters. The van der Waals surface area contributed by atoms with Gasteiger partial charge in [0.15, 0.2) is 6.61 Å². The second kappa shape index (κ2) is 11.2. The zero-order valence-electron chi connectivity index (χ0n) is 17.5. The van der Waals surface area contributed by atoms with Gasteiger partial charge in [-0.15, -0.1) is 0 Å². The van der Waals surface area contributed by atoms with E-state index >= 15 is 0 Å². The molecule has 0 aliphatic heterocycles. The number of halogens is 2. The molecular formula is C24H23ClFN3O3. The molecular weight excluding hydrogens is 433 g/mol. The number of amides is 2. The molecule has 0 aliphatic carbocycles. The number of pyridine rings is 1. The van der Waals surface area contributed by atoms with Crippen molar-refractivity contribution in [1.29, 1.82) is 0 Å². The van der Waals surface area contributed by atoms with Crippen molar-refractivity contribution in [3.63, 3.8) is 0 Å². The molecule has 0 unspecified atom stereocenters.